The molecular formula is C31H32N2O3S. The zero-order valence-corrected chi connectivity index (χ0v) is 22.1. The average molecular weight is 513 g/mol. The Bertz CT molecular complexity index is 1290. The van der Waals surface area contributed by atoms with E-state index in [2.05, 4.69) is 6.92 Å². The molecule has 1 heterocycles. The Labute approximate surface area is 223 Å². The molecule has 1 amide bonds. The number of amides is 1. The van der Waals surface area contributed by atoms with E-state index < -0.39 is 0 Å². The van der Waals surface area contributed by atoms with Crippen molar-refractivity contribution in [3.63, 3.8) is 0 Å². The van der Waals surface area contributed by atoms with Crippen molar-refractivity contribution in [2.24, 2.45) is 10.9 Å². The Morgan fingerprint density at radius 3 is 2.43 bits per heavy atom. The molecule has 5 rings (SSSR count). The van der Waals surface area contributed by atoms with Crippen LogP contribution in [0.3, 0.4) is 0 Å². The van der Waals surface area contributed by atoms with E-state index in [1.807, 2.05) is 89.8 Å². The number of aliphatic imine (C=N–C) groups is 1. The largest absolute Gasteiger partial charge is 0.493 e. The lowest BCUT2D eigenvalue weighted by Crippen LogP contribution is -2.44. The summed E-state index contributed by atoms with van der Waals surface area (Å²) in [6.45, 7) is 2.71. The van der Waals surface area contributed by atoms with Gasteiger partial charge < -0.3 is 9.47 Å². The molecule has 3 aromatic carbocycles. The molecule has 0 spiro atoms. The second-order valence-corrected chi connectivity index (χ2v) is 10.5. The molecule has 37 heavy (non-hydrogen) atoms. The summed E-state index contributed by atoms with van der Waals surface area (Å²) in [6, 6.07) is 25.9. The Hall–Kier alpha value is -3.51. The van der Waals surface area contributed by atoms with Crippen molar-refractivity contribution in [3.05, 3.63) is 94.9 Å². The molecule has 2 atom stereocenters. The minimum atomic E-state index is 0.0294. The van der Waals surface area contributed by atoms with E-state index in [1.165, 1.54) is 18.2 Å². The molecule has 190 valence electrons. The Balaban J connectivity index is 1.42. The number of hydrogen-bond donors (Lipinski definition) is 0. The first-order valence-corrected chi connectivity index (χ1v) is 13.7. The molecule has 0 bridgehead atoms. The van der Waals surface area contributed by atoms with Crippen molar-refractivity contribution in [2.45, 2.75) is 45.3 Å². The van der Waals surface area contributed by atoms with Crippen LogP contribution < -0.4 is 9.47 Å². The van der Waals surface area contributed by atoms with Gasteiger partial charge in [-0.3, -0.25) is 9.69 Å². The summed E-state index contributed by atoms with van der Waals surface area (Å²) in [4.78, 5) is 21.2. The number of thioether (sulfide) groups is 1. The van der Waals surface area contributed by atoms with Crippen molar-refractivity contribution in [3.8, 4) is 11.5 Å². The van der Waals surface area contributed by atoms with E-state index in [4.69, 9.17) is 14.5 Å². The molecule has 1 aliphatic heterocycles. The molecule has 0 aromatic heterocycles. The monoisotopic (exact) mass is 512 g/mol. The van der Waals surface area contributed by atoms with Gasteiger partial charge in [0.15, 0.2) is 16.7 Å². The van der Waals surface area contributed by atoms with Crippen molar-refractivity contribution < 1.29 is 14.3 Å². The quantitative estimate of drug-likeness (QED) is 0.308. The third kappa shape index (κ3) is 5.91. The van der Waals surface area contributed by atoms with Gasteiger partial charge in [0.1, 0.15) is 6.61 Å². The number of benzene rings is 3. The fourth-order valence-corrected chi connectivity index (χ4v) is 5.98. The molecular weight excluding hydrogens is 480 g/mol. The van der Waals surface area contributed by atoms with Crippen molar-refractivity contribution in [1.29, 1.82) is 0 Å². The fourth-order valence-electron chi connectivity index (χ4n) is 4.93. The van der Waals surface area contributed by atoms with Gasteiger partial charge in [-0.25, -0.2) is 4.99 Å². The molecule has 0 N–H and O–H groups in total. The van der Waals surface area contributed by atoms with Crippen LogP contribution in [0.15, 0.2) is 88.8 Å². The number of carbonyl (C=O) groups excluding carboxylic acids is 1. The topological polar surface area (TPSA) is 51.1 Å². The number of carbonyl (C=O) groups is 1. The Kier molecular flexibility index (Phi) is 7.95. The maximum absolute atomic E-state index is 13.7. The van der Waals surface area contributed by atoms with Gasteiger partial charge in [0.05, 0.1) is 17.7 Å². The lowest BCUT2D eigenvalue weighted by Gasteiger charge is -2.35. The zero-order valence-electron chi connectivity index (χ0n) is 21.3. The number of rotatable bonds is 7. The summed E-state index contributed by atoms with van der Waals surface area (Å²) in [6.07, 6.45) is 6.45. The van der Waals surface area contributed by atoms with Crippen LogP contribution in [0.5, 0.6) is 11.5 Å². The summed E-state index contributed by atoms with van der Waals surface area (Å²) in [5, 5.41) is 0.760. The number of hydrogen-bond acceptors (Lipinski definition) is 5. The predicted molar refractivity (Wildman–Crippen MR) is 151 cm³/mol. The van der Waals surface area contributed by atoms with Gasteiger partial charge in [0.25, 0.3) is 5.91 Å². The number of nitrogens with zero attached hydrogens (tertiary/aromatic N) is 2. The van der Waals surface area contributed by atoms with Gasteiger partial charge in [0, 0.05) is 6.04 Å². The second-order valence-electron chi connectivity index (χ2n) is 9.53. The first kappa shape index (κ1) is 25.2. The van der Waals surface area contributed by atoms with Crippen LogP contribution in [0.1, 0.15) is 43.7 Å². The minimum absolute atomic E-state index is 0.0294. The Morgan fingerprint density at radius 2 is 1.70 bits per heavy atom. The van der Waals surface area contributed by atoms with Crippen molar-refractivity contribution in [1.82, 2.24) is 4.90 Å². The van der Waals surface area contributed by atoms with Gasteiger partial charge in [-0.05, 0) is 72.0 Å². The number of amidine groups is 1. The lowest BCUT2D eigenvalue weighted by molar-refractivity contribution is -0.124. The molecule has 1 aliphatic carbocycles. The van der Waals surface area contributed by atoms with Gasteiger partial charge in [-0.2, -0.15) is 0 Å². The van der Waals surface area contributed by atoms with Crippen LogP contribution in [0.25, 0.3) is 6.08 Å². The highest BCUT2D eigenvalue weighted by molar-refractivity contribution is 8.18. The summed E-state index contributed by atoms with van der Waals surface area (Å²) >= 11 is 1.45. The fraction of sp³-hybridized carbons (Fsp3) is 0.290. The van der Waals surface area contributed by atoms with Crippen LogP contribution in [0, 0.1) is 5.92 Å². The smallest absolute Gasteiger partial charge is 0.267 e. The highest BCUT2D eigenvalue weighted by Gasteiger charge is 2.41. The number of para-hydroxylation sites is 1. The first-order valence-electron chi connectivity index (χ1n) is 12.8. The molecule has 0 radical (unpaired) electrons. The van der Waals surface area contributed by atoms with E-state index in [9.17, 15) is 4.79 Å². The molecule has 1 saturated heterocycles. The SMILES string of the molecule is COc1cc(/C=C2\SC(=Nc3ccccc3)N([C@@H]3CCCC[C@@H]3C)C2=O)ccc1OCc1ccccc1. The standard InChI is InChI=1S/C31H32N2O3S/c1-22-11-9-10-16-26(22)33-30(34)29(37-31(33)32-25-14-7-4-8-15-25)20-24-17-18-27(28(19-24)35-2)36-21-23-12-5-3-6-13-23/h3-8,12-15,17-20,22,26H,9-11,16,21H2,1-2H3/b29-20-,32-31?/t22-,26+/m0/s1. The van der Waals surface area contributed by atoms with E-state index in [1.54, 1.807) is 7.11 Å². The highest BCUT2D eigenvalue weighted by atomic mass is 32.2. The first-order chi connectivity index (χ1) is 18.1. The maximum atomic E-state index is 13.7. The predicted octanol–water partition coefficient (Wildman–Crippen LogP) is 7.46. The molecule has 1 saturated carbocycles. The second kappa shape index (κ2) is 11.7. The summed E-state index contributed by atoms with van der Waals surface area (Å²) in [5.41, 5.74) is 2.83. The molecule has 3 aromatic rings. The van der Waals surface area contributed by atoms with Crippen LogP contribution in [-0.2, 0) is 11.4 Å². The van der Waals surface area contributed by atoms with Gasteiger partial charge in [-0.15, -0.1) is 0 Å². The Morgan fingerprint density at radius 1 is 0.973 bits per heavy atom. The van der Waals surface area contributed by atoms with Gasteiger partial charge >= 0.3 is 0 Å². The van der Waals surface area contributed by atoms with Gasteiger partial charge in [-0.1, -0.05) is 74.4 Å². The summed E-state index contributed by atoms with van der Waals surface area (Å²) < 4.78 is 11.6. The van der Waals surface area contributed by atoms with Crippen LogP contribution in [0.4, 0.5) is 5.69 Å². The highest BCUT2D eigenvalue weighted by Crippen LogP contribution is 2.40. The van der Waals surface area contributed by atoms with E-state index in [0.29, 0.717) is 28.9 Å². The summed E-state index contributed by atoms with van der Waals surface area (Å²) in [7, 11) is 1.63. The maximum Gasteiger partial charge on any atom is 0.267 e. The lowest BCUT2D eigenvalue weighted by atomic mass is 9.85. The van der Waals surface area contributed by atoms with E-state index >= 15 is 0 Å². The molecule has 0 unspecified atom stereocenters. The van der Waals surface area contributed by atoms with Crippen molar-refractivity contribution >= 4 is 34.6 Å². The van der Waals surface area contributed by atoms with E-state index in [0.717, 1.165) is 41.2 Å². The minimum Gasteiger partial charge on any atom is -0.493 e. The normalized spacial score (nSPS) is 22.0. The van der Waals surface area contributed by atoms with Crippen molar-refractivity contribution in [2.75, 3.05) is 7.11 Å². The van der Waals surface area contributed by atoms with Crippen LogP contribution in [-0.4, -0.2) is 29.1 Å². The molecule has 2 aliphatic rings. The average Bonchev–Trinajstić information content (AvgIpc) is 3.23. The van der Waals surface area contributed by atoms with Crippen LogP contribution >= 0.6 is 11.8 Å². The van der Waals surface area contributed by atoms with Gasteiger partial charge in [0.2, 0.25) is 0 Å². The molecule has 6 heteroatoms. The summed E-state index contributed by atoms with van der Waals surface area (Å²) in [5.74, 6) is 1.78. The van der Waals surface area contributed by atoms with E-state index in [-0.39, 0.29) is 11.9 Å². The molecule has 5 nitrogen and oxygen atoms in total. The third-order valence-electron chi connectivity index (χ3n) is 6.94. The van der Waals surface area contributed by atoms with Crippen LogP contribution in [0.2, 0.25) is 0 Å². The number of ether oxygens (including phenoxy) is 2. The third-order valence-corrected chi connectivity index (χ3v) is 7.92. The number of methoxy groups -OCH3 is 1. The molecule has 2 fully saturated rings. The zero-order chi connectivity index (χ0) is 25.6.